The molecule has 0 fully saturated rings. The van der Waals surface area contributed by atoms with Crippen LogP contribution in [0, 0.1) is 6.92 Å². The highest BCUT2D eigenvalue weighted by atomic mass is 16.5. The normalized spacial score (nSPS) is 11.0. The number of aromatic nitrogens is 4. The average Bonchev–Trinajstić information content (AvgIpc) is 3.36. The first kappa shape index (κ1) is 18.0. The summed E-state index contributed by atoms with van der Waals surface area (Å²) >= 11 is 0. The van der Waals surface area contributed by atoms with Crippen molar-refractivity contribution in [1.82, 2.24) is 19.7 Å². The summed E-state index contributed by atoms with van der Waals surface area (Å²) in [5, 5.41) is 4.09. The Labute approximate surface area is 163 Å². The molecule has 0 amide bonds. The first-order valence-electron chi connectivity index (χ1n) is 9.26. The summed E-state index contributed by atoms with van der Waals surface area (Å²) in [6.45, 7) is 4.51. The first-order valence-corrected chi connectivity index (χ1v) is 9.26. The predicted molar refractivity (Wildman–Crippen MR) is 107 cm³/mol. The molecule has 0 spiro atoms. The van der Waals surface area contributed by atoms with Crippen molar-refractivity contribution in [3.8, 4) is 28.3 Å². The van der Waals surface area contributed by atoms with E-state index in [1.54, 1.807) is 7.11 Å². The van der Waals surface area contributed by atoms with Gasteiger partial charge in [0.05, 0.1) is 31.4 Å². The van der Waals surface area contributed by atoms with Crippen molar-refractivity contribution in [2.24, 2.45) is 0 Å². The van der Waals surface area contributed by atoms with Crippen LogP contribution in [0.3, 0.4) is 0 Å². The number of imidazole rings is 1. The minimum atomic E-state index is 0.468. The summed E-state index contributed by atoms with van der Waals surface area (Å²) in [6.07, 6.45) is 2.53. The van der Waals surface area contributed by atoms with Gasteiger partial charge in [-0.1, -0.05) is 48.5 Å². The van der Waals surface area contributed by atoms with Crippen molar-refractivity contribution in [3.63, 3.8) is 0 Å². The Bertz CT molecular complexity index is 1080. The van der Waals surface area contributed by atoms with Crippen LogP contribution in [0.15, 0.2) is 59.4 Å². The van der Waals surface area contributed by atoms with E-state index in [0.29, 0.717) is 24.7 Å². The molecule has 0 unspecified atom stereocenters. The third-order valence-electron chi connectivity index (χ3n) is 4.62. The molecule has 4 aromatic rings. The molecule has 142 valence electrons. The largest absolute Gasteiger partial charge is 0.496 e. The lowest BCUT2D eigenvalue weighted by Gasteiger charge is -2.13. The number of rotatable bonds is 6. The number of hydrogen-bond acceptors (Lipinski definition) is 5. The fraction of sp³-hybridized carbons (Fsp3) is 0.227. The van der Waals surface area contributed by atoms with Crippen LogP contribution in [-0.2, 0) is 13.0 Å². The number of benzene rings is 2. The molecule has 0 bridgehead atoms. The van der Waals surface area contributed by atoms with Crippen LogP contribution < -0.4 is 4.74 Å². The second kappa shape index (κ2) is 7.68. The molecule has 6 nitrogen and oxygen atoms in total. The molecule has 0 radical (unpaired) electrons. The maximum atomic E-state index is 5.68. The summed E-state index contributed by atoms with van der Waals surface area (Å²) in [4.78, 5) is 9.14. The quantitative estimate of drug-likeness (QED) is 0.496. The first-order chi connectivity index (χ1) is 13.7. The van der Waals surface area contributed by atoms with Crippen LogP contribution in [0.4, 0.5) is 0 Å². The Kier molecular flexibility index (Phi) is 4.93. The van der Waals surface area contributed by atoms with Crippen molar-refractivity contribution >= 4 is 0 Å². The van der Waals surface area contributed by atoms with Crippen LogP contribution >= 0.6 is 0 Å². The Morgan fingerprint density at radius 1 is 1.11 bits per heavy atom. The predicted octanol–water partition coefficient (Wildman–Crippen LogP) is 4.53. The van der Waals surface area contributed by atoms with Gasteiger partial charge in [0.15, 0.2) is 5.82 Å². The van der Waals surface area contributed by atoms with Gasteiger partial charge in [0, 0.05) is 17.5 Å². The maximum absolute atomic E-state index is 5.68. The minimum Gasteiger partial charge on any atom is -0.496 e. The van der Waals surface area contributed by atoms with Gasteiger partial charge in [-0.3, -0.25) is 0 Å². The molecule has 2 aromatic carbocycles. The van der Waals surface area contributed by atoms with Crippen molar-refractivity contribution in [3.05, 3.63) is 72.1 Å². The van der Waals surface area contributed by atoms with E-state index in [0.717, 1.165) is 33.8 Å². The lowest BCUT2D eigenvalue weighted by molar-refractivity contribution is 0.375. The van der Waals surface area contributed by atoms with Crippen LogP contribution in [0.2, 0.25) is 0 Å². The molecule has 4 rings (SSSR count). The van der Waals surface area contributed by atoms with Crippen molar-refractivity contribution < 1.29 is 9.26 Å². The molecule has 6 heteroatoms. The average molecular weight is 374 g/mol. The minimum absolute atomic E-state index is 0.468. The molecule has 0 saturated heterocycles. The summed E-state index contributed by atoms with van der Waals surface area (Å²) < 4.78 is 13.0. The Morgan fingerprint density at radius 2 is 1.93 bits per heavy atom. The van der Waals surface area contributed by atoms with Gasteiger partial charge in [0.2, 0.25) is 5.89 Å². The lowest BCUT2D eigenvalue weighted by Crippen LogP contribution is -2.04. The highest BCUT2D eigenvalue weighted by molar-refractivity contribution is 5.82. The molecular formula is C22H22N4O2. The number of nitrogens with zero attached hydrogens (tertiary/aromatic N) is 4. The van der Waals surface area contributed by atoms with Gasteiger partial charge in [-0.25, -0.2) is 4.98 Å². The van der Waals surface area contributed by atoms with Gasteiger partial charge in [-0.05, 0) is 24.6 Å². The zero-order valence-electron chi connectivity index (χ0n) is 16.2. The molecular weight excluding hydrogens is 352 g/mol. The second-order valence-electron chi connectivity index (χ2n) is 6.60. The molecule has 0 saturated carbocycles. The molecule has 0 aliphatic heterocycles. The molecule has 0 aliphatic rings. The van der Waals surface area contributed by atoms with E-state index in [-0.39, 0.29) is 0 Å². The van der Waals surface area contributed by atoms with Crippen LogP contribution in [0.25, 0.3) is 22.5 Å². The second-order valence-corrected chi connectivity index (χ2v) is 6.60. The molecule has 0 aliphatic carbocycles. The topological polar surface area (TPSA) is 66.0 Å². The zero-order chi connectivity index (χ0) is 19.5. The number of methoxy groups -OCH3 is 1. The van der Waals surface area contributed by atoms with Gasteiger partial charge < -0.3 is 13.8 Å². The third-order valence-corrected chi connectivity index (χ3v) is 4.62. The Morgan fingerprint density at radius 3 is 2.64 bits per heavy atom. The van der Waals surface area contributed by atoms with Crippen molar-refractivity contribution in [2.45, 2.75) is 26.8 Å². The lowest BCUT2D eigenvalue weighted by atomic mass is 10.0. The number of ether oxygens (including phenoxy) is 1. The summed E-state index contributed by atoms with van der Waals surface area (Å²) in [6, 6.07) is 16.3. The molecule has 2 heterocycles. The molecule has 28 heavy (non-hydrogen) atoms. The zero-order valence-corrected chi connectivity index (χ0v) is 16.2. The summed E-state index contributed by atoms with van der Waals surface area (Å²) in [5.74, 6) is 2.07. The van der Waals surface area contributed by atoms with E-state index in [4.69, 9.17) is 14.2 Å². The van der Waals surface area contributed by atoms with E-state index >= 15 is 0 Å². The fourth-order valence-electron chi connectivity index (χ4n) is 3.24. The van der Waals surface area contributed by atoms with Gasteiger partial charge in [0.25, 0.3) is 0 Å². The smallest absolute Gasteiger partial charge is 0.226 e. The van der Waals surface area contributed by atoms with Crippen LogP contribution in [0.5, 0.6) is 5.75 Å². The molecule has 2 aromatic heterocycles. The SMILES string of the molecule is CCc1nc(Cn2cnc(-c3ccccc3)c2-c2ccc(C)cc2OC)no1. The molecule has 0 atom stereocenters. The summed E-state index contributed by atoms with van der Waals surface area (Å²) in [7, 11) is 1.69. The van der Waals surface area contributed by atoms with E-state index in [1.165, 1.54) is 0 Å². The van der Waals surface area contributed by atoms with Crippen molar-refractivity contribution in [1.29, 1.82) is 0 Å². The molecule has 0 N–H and O–H groups in total. The maximum Gasteiger partial charge on any atom is 0.226 e. The van der Waals surface area contributed by atoms with Crippen LogP contribution in [-0.4, -0.2) is 26.8 Å². The van der Waals surface area contributed by atoms with Crippen LogP contribution in [0.1, 0.15) is 24.2 Å². The summed E-state index contributed by atoms with van der Waals surface area (Å²) in [5.41, 5.74) is 5.01. The van der Waals surface area contributed by atoms with Gasteiger partial charge >= 0.3 is 0 Å². The third kappa shape index (κ3) is 3.41. The monoisotopic (exact) mass is 374 g/mol. The van der Waals surface area contributed by atoms with Crippen molar-refractivity contribution in [2.75, 3.05) is 7.11 Å². The van der Waals surface area contributed by atoms with Gasteiger partial charge in [0.1, 0.15) is 5.75 Å². The standard InChI is InChI=1S/C22H22N4O2/c1-4-20-24-19(25-28-20)13-26-14-23-21(16-8-6-5-7-9-16)22(26)17-11-10-15(2)12-18(17)27-3/h5-12,14H,4,13H2,1-3H3. The van der Waals surface area contributed by atoms with E-state index in [1.807, 2.05) is 49.0 Å². The fourth-order valence-corrected chi connectivity index (χ4v) is 3.24. The number of hydrogen-bond donors (Lipinski definition) is 0. The highest BCUT2D eigenvalue weighted by Crippen LogP contribution is 2.37. The van der Waals surface area contributed by atoms with E-state index in [2.05, 4.69) is 34.4 Å². The Balaban J connectivity index is 1.87. The number of aryl methyl sites for hydroxylation is 2. The Hall–Kier alpha value is -3.41. The van der Waals surface area contributed by atoms with E-state index in [9.17, 15) is 0 Å². The van der Waals surface area contributed by atoms with Gasteiger partial charge in [-0.2, -0.15) is 4.98 Å². The van der Waals surface area contributed by atoms with E-state index < -0.39 is 0 Å². The highest BCUT2D eigenvalue weighted by Gasteiger charge is 2.20. The van der Waals surface area contributed by atoms with Gasteiger partial charge in [-0.15, -0.1) is 0 Å².